The zero-order chi connectivity index (χ0) is 12.8. The number of ether oxygens (including phenoxy) is 1. The van der Waals surface area contributed by atoms with E-state index < -0.39 is 0 Å². The van der Waals surface area contributed by atoms with Crippen LogP contribution in [0.25, 0.3) is 0 Å². The van der Waals surface area contributed by atoms with E-state index in [1.54, 1.807) is 0 Å². The molecule has 100 valence electrons. The molecule has 2 atom stereocenters. The van der Waals surface area contributed by atoms with Crippen LogP contribution in [0.3, 0.4) is 0 Å². The van der Waals surface area contributed by atoms with Crippen molar-refractivity contribution in [2.24, 2.45) is 5.92 Å². The van der Waals surface area contributed by atoms with Gasteiger partial charge in [0.1, 0.15) is 0 Å². The normalized spacial score (nSPS) is 21.1. The van der Waals surface area contributed by atoms with Crippen LogP contribution in [0.4, 0.5) is 0 Å². The summed E-state index contributed by atoms with van der Waals surface area (Å²) in [5, 5.41) is 4.65. The monoisotopic (exact) mass is 330 g/mol. The number of aromatic nitrogens is 1. The molecular weight excluding hydrogens is 312 g/mol. The van der Waals surface area contributed by atoms with Crippen molar-refractivity contribution in [3.8, 4) is 0 Å². The van der Waals surface area contributed by atoms with Crippen molar-refractivity contribution in [2.45, 2.75) is 24.4 Å². The number of nitrogens with zero attached hydrogens (tertiary/aromatic N) is 1. The minimum atomic E-state index is 0.521. The minimum absolute atomic E-state index is 0.521. The van der Waals surface area contributed by atoms with Crippen molar-refractivity contribution in [3.63, 3.8) is 0 Å². The van der Waals surface area contributed by atoms with Gasteiger partial charge in [-0.2, -0.15) is 0 Å². The standard InChI is InChI=1S/C13H19BrN2OS/c1-2-15-12(10-5-6-17-8-10)9-18-13-4-3-11(14)7-16-13/h3-4,7,10,12,15H,2,5-6,8-9H2,1H3. The zero-order valence-corrected chi connectivity index (χ0v) is 13.0. The highest BCUT2D eigenvalue weighted by Crippen LogP contribution is 2.24. The molecule has 1 fully saturated rings. The molecule has 0 aliphatic carbocycles. The van der Waals surface area contributed by atoms with E-state index in [2.05, 4.69) is 39.2 Å². The molecule has 0 saturated carbocycles. The third-order valence-corrected chi connectivity index (χ3v) is 4.64. The topological polar surface area (TPSA) is 34.2 Å². The van der Waals surface area contributed by atoms with Crippen molar-refractivity contribution in [1.82, 2.24) is 10.3 Å². The van der Waals surface area contributed by atoms with E-state index in [9.17, 15) is 0 Å². The van der Waals surface area contributed by atoms with Gasteiger partial charge in [-0.15, -0.1) is 11.8 Å². The van der Waals surface area contributed by atoms with Crippen LogP contribution in [0.15, 0.2) is 27.8 Å². The molecule has 0 radical (unpaired) electrons. The van der Waals surface area contributed by atoms with Crippen molar-refractivity contribution in [3.05, 3.63) is 22.8 Å². The summed E-state index contributed by atoms with van der Waals surface area (Å²) in [5.41, 5.74) is 0. The molecule has 2 rings (SSSR count). The number of hydrogen-bond donors (Lipinski definition) is 1. The molecule has 1 aromatic heterocycles. The Morgan fingerprint density at radius 1 is 1.61 bits per heavy atom. The van der Waals surface area contributed by atoms with Gasteiger partial charge in [0.15, 0.2) is 0 Å². The second-order valence-corrected chi connectivity index (χ2v) is 6.37. The maximum atomic E-state index is 5.48. The Kier molecular flexibility index (Phi) is 5.95. The fraction of sp³-hybridized carbons (Fsp3) is 0.615. The van der Waals surface area contributed by atoms with Gasteiger partial charge in [0, 0.05) is 35.0 Å². The SMILES string of the molecule is CCNC(CSc1ccc(Br)cn1)C1CCOC1. The molecule has 0 spiro atoms. The molecule has 1 aliphatic heterocycles. The Morgan fingerprint density at radius 3 is 3.11 bits per heavy atom. The van der Waals surface area contributed by atoms with E-state index in [1.165, 1.54) is 6.42 Å². The molecule has 2 heterocycles. The summed E-state index contributed by atoms with van der Waals surface area (Å²) in [4.78, 5) is 4.39. The molecule has 0 bridgehead atoms. The predicted octanol–water partition coefficient (Wildman–Crippen LogP) is 2.95. The van der Waals surface area contributed by atoms with E-state index in [4.69, 9.17) is 4.74 Å². The van der Waals surface area contributed by atoms with Gasteiger partial charge in [0.05, 0.1) is 11.6 Å². The molecule has 0 amide bonds. The zero-order valence-electron chi connectivity index (χ0n) is 10.6. The Labute approximate surface area is 121 Å². The summed E-state index contributed by atoms with van der Waals surface area (Å²) in [5.74, 6) is 1.70. The lowest BCUT2D eigenvalue weighted by molar-refractivity contribution is 0.179. The first-order chi connectivity index (χ1) is 8.79. The maximum absolute atomic E-state index is 5.48. The Balaban J connectivity index is 1.86. The summed E-state index contributed by atoms with van der Waals surface area (Å²) in [7, 11) is 0. The molecule has 3 nitrogen and oxygen atoms in total. The van der Waals surface area contributed by atoms with Crippen LogP contribution in [0.2, 0.25) is 0 Å². The van der Waals surface area contributed by atoms with Crippen LogP contribution < -0.4 is 5.32 Å². The number of pyridine rings is 1. The number of hydrogen-bond acceptors (Lipinski definition) is 4. The molecule has 1 aromatic rings. The van der Waals surface area contributed by atoms with Gasteiger partial charge in [0.25, 0.3) is 0 Å². The highest BCUT2D eigenvalue weighted by molar-refractivity contribution is 9.10. The van der Waals surface area contributed by atoms with E-state index in [0.717, 1.165) is 35.0 Å². The van der Waals surface area contributed by atoms with Crippen molar-refractivity contribution >= 4 is 27.7 Å². The minimum Gasteiger partial charge on any atom is -0.381 e. The van der Waals surface area contributed by atoms with Gasteiger partial charge in [-0.05, 0) is 41.0 Å². The van der Waals surface area contributed by atoms with Crippen LogP contribution in [-0.4, -0.2) is 36.5 Å². The Bertz CT molecular complexity index is 355. The molecule has 0 aromatic carbocycles. The van der Waals surface area contributed by atoms with Crippen LogP contribution in [0.5, 0.6) is 0 Å². The average molecular weight is 331 g/mol. The lowest BCUT2D eigenvalue weighted by Crippen LogP contribution is -2.38. The predicted molar refractivity (Wildman–Crippen MR) is 79.1 cm³/mol. The van der Waals surface area contributed by atoms with Gasteiger partial charge in [0.2, 0.25) is 0 Å². The summed E-state index contributed by atoms with van der Waals surface area (Å²) in [6, 6.07) is 4.62. The third kappa shape index (κ3) is 4.23. The van der Waals surface area contributed by atoms with E-state index >= 15 is 0 Å². The molecule has 2 unspecified atom stereocenters. The van der Waals surface area contributed by atoms with E-state index in [0.29, 0.717) is 12.0 Å². The van der Waals surface area contributed by atoms with Gasteiger partial charge in [-0.1, -0.05) is 6.92 Å². The fourth-order valence-corrected chi connectivity index (χ4v) is 3.38. The Hall–Kier alpha value is -0.100. The number of thioether (sulfide) groups is 1. The fourth-order valence-electron chi connectivity index (χ4n) is 2.12. The van der Waals surface area contributed by atoms with Crippen LogP contribution in [0, 0.1) is 5.92 Å². The molecule has 5 heteroatoms. The van der Waals surface area contributed by atoms with Crippen LogP contribution in [0.1, 0.15) is 13.3 Å². The van der Waals surface area contributed by atoms with Crippen LogP contribution >= 0.6 is 27.7 Å². The Morgan fingerprint density at radius 2 is 2.50 bits per heavy atom. The quantitative estimate of drug-likeness (QED) is 0.813. The number of halogens is 1. The highest BCUT2D eigenvalue weighted by Gasteiger charge is 2.25. The number of rotatable bonds is 6. The molecule has 1 N–H and O–H groups in total. The van der Waals surface area contributed by atoms with Crippen molar-refractivity contribution in [2.75, 3.05) is 25.5 Å². The van der Waals surface area contributed by atoms with E-state index in [-0.39, 0.29) is 0 Å². The summed E-state index contributed by atoms with van der Waals surface area (Å²) >= 11 is 5.22. The lowest BCUT2D eigenvalue weighted by atomic mass is 10.0. The first-order valence-corrected chi connectivity index (χ1v) is 8.13. The second kappa shape index (κ2) is 7.48. The summed E-state index contributed by atoms with van der Waals surface area (Å²) < 4.78 is 6.51. The average Bonchev–Trinajstić information content (AvgIpc) is 2.90. The van der Waals surface area contributed by atoms with Gasteiger partial charge >= 0.3 is 0 Å². The highest BCUT2D eigenvalue weighted by atomic mass is 79.9. The summed E-state index contributed by atoms with van der Waals surface area (Å²) in [6.45, 7) is 4.97. The summed E-state index contributed by atoms with van der Waals surface area (Å²) in [6.07, 6.45) is 3.02. The largest absolute Gasteiger partial charge is 0.381 e. The van der Waals surface area contributed by atoms with Crippen molar-refractivity contribution < 1.29 is 4.74 Å². The molecule has 18 heavy (non-hydrogen) atoms. The van der Waals surface area contributed by atoms with Gasteiger partial charge in [-0.3, -0.25) is 0 Å². The maximum Gasteiger partial charge on any atom is 0.0961 e. The first-order valence-electron chi connectivity index (χ1n) is 6.35. The molecule has 1 saturated heterocycles. The van der Waals surface area contributed by atoms with Crippen LogP contribution in [-0.2, 0) is 4.74 Å². The van der Waals surface area contributed by atoms with Gasteiger partial charge < -0.3 is 10.1 Å². The van der Waals surface area contributed by atoms with E-state index in [1.807, 2.05) is 24.0 Å². The molecule has 1 aliphatic rings. The first kappa shape index (κ1) is 14.3. The smallest absolute Gasteiger partial charge is 0.0961 e. The lowest BCUT2D eigenvalue weighted by Gasteiger charge is -2.22. The van der Waals surface area contributed by atoms with Gasteiger partial charge in [-0.25, -0.2) is 4.98 Å². The number of nitrogens with one attached hydrogen (secondary N) is 1. The van der Waals surface area contributed by atoms with Crippen molar-refractivity contribution in [1.29, 1.82) is 0 Å². The molecular formula is C13H19BrN2OS. The second-order valence-electron chi connectivity index (χ2n) is 4.41. The third-order valence-electron chi connectivity index (χ3n) is 3.11.